The number of carbonyl (C=O) groups excluding carboxylic acids is 1. The van der Waals surface area contributed by atoms with Crippen LogP contribution < -0.4 is 14.6 Å². The molecule has 3 rings (SSSR count). The first-order valence-corrected chi connectivity index (χ1v) is 8.54. The van der Waals surface area contributed by atoms with Crippen LogP contribution in [0.3, 0.4) is 0 Å². The van der Waals surface area contributed by atoms with Crippen LogP contribution in [0.15, 0.2) is 39.5 Å². The van der Waals surface area contributed by atoms with Crippen LogP contribution >= 0.6 is 11.3 Å². The largest absolute Gasteiger partial charge is 0.550 e. The minimum absolute atomic E-state index is 0.130. The molecule has 0 N–H and O–H groups in total. The molecule has 0 spiro atoms. The average Bonchev–Trinajstić information content (AvgIpc) is 3.32. The Kier molecular flexibility index (Phi) is 5.33. The van der Waals surface area contributed by atoms with Crippen LogP contribution in [0.5, 0.6) is 11.5 Å². The summed E-state index contributed by atoms with van der Waals surface area (Å²) in [6.07, 6.45) is 1.36. The molecule has 0 atom stereocenters. The minimum atomic E-state index is -1.22. The number of nitrogens with zero attached hydrogens (tertiary/aromatic N) is 2. The summed E-state index contributed by atoms with van der Waals surface area (Å²) < 4.78 is 15.7. The minimum Gasteiger partial charge on any atom is -0.550 e. The van der Waals surface area contributed by atoms with Gasteiger partial charge >= 0.3 is 0 Å². The Hall–Kier alpha value is -3.13. The van der Waals surface area contributed by atoms with Gasteiger partial charge in [0.25, 0.3) is 5.89 Å². The SMILES string of the molecule is COc1ccc(-c2noc(/C(=C/c3ccsc3)CC(=O)[O-])n2)cc1OC. The second kappa shape index (κ2) is 7.83. The molecule has 134 valence electrons. The predicted molar refractivity (Wildman–Crippen MR) is 94.7 cm³/mol. The molecule has 2 aromatic heterocycles. The van der Waals surface area contributed by atoms with Gasteiger partial charge in [-0.3, -0.25) is 0 Å². The summed E-state index contributed by atoms with van der Waals surface area (Å²) in [7, 11) is 3.08. The third-order valence-corrected chi connectivity index (χ3v) is 4.26. The van der Waals surface area contributed by atoms with Crippen LogP contribution in [0.1, 0.15) is 17.9 Å². The van der Waals surface area contributed by atoms with Crippen LogP contribution in [0.2, 0.25) is 0 Å². The first-order chi connectivity index (χ1) is 12.6. The van der Waals surface area contributed by atoms with Gasteiger partial charge in [-0.05, 0) is 46.7 Å². The molecule has 1 aromatic carbocycles. The van der Waals surface area contributed by atoms with Gasteiger partial charge in [0, 0.05) is 23.5 Å². The number of benzene rings is 1. The van der Waals surface area contributed by atoms with Crippen LogP contribution in [-0.2, 0) is 4.79 Å². The molecule has 8 heteroatoms. The van der Waals surface area contributed by atoms with Gasteiger partial charge in [-0.15, -0.1) is 0 Å². The van der Waals surface area contributed by atoms with Gasteiger partial charge < -0.3 is 23.9 Å². The van der Waals surface area contributed by atoms with Crippen molar-refractivity contribution in [1.29, 1.82) is 0 Å². The molecule has 0 saturated heterocycles. The molecule has 0 bridgehead atoms. The first kappa shape index (κ1) is 17.7. The third kappa shape index (κ3) is 3.92. The highest BCUT2D eigenvalue weighted by Gasteiger charge is 2.15. The van der Waals surface area contributed by atoms with Crippen LogP contribution in [0.4, 0.5) is 0 Å². The zero-order valence-corrected chi connectivity index (χ0v) is 14.9. The number of aliphatic carboxylic acids is 1. The van der Waals surface area contributed by atoms with E-state index >= 15 is 0 Å². The summed E-state index contributed by atoms with van der Waals surface area (Å²) in [5.41, 5.74) is 1.89. The predicted octanol–water partition coefficient (Wildman–Crippen LogP) is 2.50. The molecule has 0 aliphatic heterocycles. The highest BCUT2D eigenvalue weighted by atomic mass is 32.1. The van der Waals surface area contributed by atoms with Crippen molar-refractivity contribution >= 4 is 29.0 Å². The molecule has 2 heterocycles. The fourth-order valence-electron chi connectivity index (χ4n) is 2.35. The Labute approximate surface area is 153 Å². The lowest BCUT2D eigenvalue weighted by Crippen LogP contribution is -2.22. The summed E-state index contributed by atoms with van der Waals surface area (Å²) in [5, 5.41) is 18.8. The van der Waals surface area contributed by atoms with Gasteiger partial charge in [0.1, 0.15) is 0 Å². The summed E-state index contributed by atoms with van der Waals surface area (Å²) >= 11 is 1.51. The summed E-state index contributed by atoms with van der Waals surface area (Å²) in [6, 6.07) is 7.07. The Balaban J connectivity index is 1.95. The summed E-state index contributed by atoms with van der Waals surface area (Å²) in [4.78, 5) is 15.4. The fraction of sp³-hybridized carbons (Fsp3) is 0.167. The Morgan fingerprint density at radius 2 is 2.08 bits per heavy atom. The van der Waals surface area contributed by atoms with Gasteiger partial charge in [-0.25, -0.2) is 0 Å². The van der Waals surface area contributed by atoms with Crippen molar-refractivity contribution in [3.63, 3.8) is 0 Å². The van der Waals surface area contributed by atoms with E-state index in [1.807, 2.05) is 16.8 Å². The molecule has 26 heavy (non-hydrogen) atoms. The number of ether oxygens (including phenoxy) is 2. The number of carbonyl (C=O) groups is 1. The van der Waals surface area contributed by atoms with Gasteiger partial charge in [-0.2, -0.15) is 16.3 Å². The molecule has 0 aliphatic rings. The van der Waals surface area contributed by atoms with E-state index in [0.717, 1.165) is 5.56 Å². The van der Waals surface area contributed by atoms with Gasteiger partial charge in [-0.1, -0.05) is 5.16 Å². The molecule has 3 aromatic rings. The number of carboxylic acid groups (broad SMARTS) is 1. The van der Waals surface area contributed by atoms with Gasteiger partial charge in [0.05, 0.1) is 14.2 Å². The van der Waals surface area contributed by atoms with Gasteiger partial charge in [0.2, 0.25) is 5.82 Å². The highest BCUT2D eigenvalue weighted by Crippen LogP contribution is 2.32. The Morgan fingerprint density at radius 3 is 2.73 bits per heavy atom. The first-order valence-electron chi connectivity index (χ1n) is 7.60. The standard InChI is InChI=1S/C18H16N2O5S/c1-23-14-4-3-12(8-15(14)24-2)17-19-18(25-20-17)13(9-16(21)22)7-11-5-6-26-10-11/h3-8,10H,9H2,1-2H3,(H,21,22)/p-1/b13-7+. The van der Waals surface area contributed by atoms with Crippen molar-refractivity contribution in [3.05, 3.63) is 46.5 Å². The lowest BCUT2D eigenvalue weighted by molar-refractivity contribution is -0.304. The number of thiophene rings is 1. The number of hydrogen-bond acceptors (Lipinski definition) is 8. The molecule has 0 aliphatic carbocycles. The maximum absolute atomic E-state index is 11.1. The van der Waals surface area contributed by atoms with E-state index in [9.17, 15) is 9.90 Å². The van der Waals surface area contributed by atoms with Crippen LogP contribution in [0, 0.1) is 0 Å². The molecular weight excluding hydrogens is 356 g/mol. The molecule has 0 fully saturated rings. The second-order valence-corrected chi connectivity index (χ2v) is 6.05. The molecule has 0 amide bonds. The monoisotopic (exact) mass is 371 g/mol. The van der Waals surface area contributed by atoms with Crippen molar-refractivity contribution in [2.24, 2.45) is 0 Å². The zero-order valence-electron chi connectivity index (χ0n) is 14.1. The molecule has 7 nitrogen and oxygen atoms in total. The lowest BCUT2D eigenvalue weighted by Gasteiger charge is -2.07. The van der Waals surface area contributed by atoms with Crippen LogP contribution in [-0.4, -0.2) is 30.3 Å². The van der Waals surface area contributed by atoms with E-state index in [4.69, 9.17) is 14.0 Å². The number of aromatic nitrogens is 2. The third-order valence-electron chi connectivity index (χ3n) is 3.56. The normalized spacial score (nSPS) is 11.4. The van der Waals surface area contributed by atoms with Gasteiger partial charge in [0.15, 0.2) is 11.5 Å². The smallest absolute Gasteiger partial charge is 0.254 e. The van der Waals surface area contributed by atoms with Crippen molar-refractivity contribution < 1.29 is 23.9 Å². The second-order valence-electron chi connectivity index (χ2n) is 5.27. The number of carboxylic acids is 1. The van der Waals surface area contributed by atoms with Crippen molar-refractivity contribution in [2.75, 3.05) is 14.2 Å². The average molecular weight is 371 g/mol. The van der Waals surface area contributed by atoms with E-state index in [1.165, 1.54) is 18.4 Å². The summed E-state index contributed by atoms with van der Waals surface area (Å²) in [5.74, 6) is 0.327. The number of hydrogen-bond donors (Lipinski definition) is 0. The number of rotatable bonds is 7. The fourth-order valence-corrected chi connectivity index (χ4v) is 2.97. The molecular formula is C18H15N2O5S-. The topological polar surface area (TPSA) is 97.5 Å². The van der Waals surface area contributed by atoms with Crippen LogP contribution in [0.25, 0.3) is 23.0 Å². The van der Waals surface area contributed by atoms with E-state index in [1.54, 1.807) is 31.4 Å². The quantitative estimate of drug-likeness (QED) is 0.629. The number of methoxy groups -OCH3 is 2. The lowest BCUT2D eigenvalue weighted by atomic mass is 10.1. The maximum Gasteiger partial charge on any atom is 0.254 e. The molecule has 0 saturated carbocycles. The van der Waals surface area contributed by atoms with Crippen molar-refractivity contribution in [1.82, 2.24) is 10.1 Å². The Morgan fingerprint density at radius 1 is 1.27 bits per heavy atom. The Bertz CT molecular complexity index is 931. The van der Waals surface area contributed by atoms with Crippen molar-refractivity contribution in [2.45, 2.75) is 6.42 Å². The maximum atomic E-state index is 11.1. The van der Waals surface area contributed by atoms with E-state index in [2.05, 4.69) is 10.1 Å². The van der Waals surface area contributed by atoms with E-state index in [-0.39, 0.29) is 12.3 Å². The zero-order chi connectivity index (χ0) is 18.5. The highest BCUT2D eigenvalue weighted by molar-refractivity contribution is 7.08. The molecule has 0 unspecified atom stereocenters. The van der Waals surface area contributed by atoms with E-state index < -0.39 is 5.97 Å². The van der Waals surface area contributed by atoms with E-state index in [0.29, 0.717) is 28.5 Å². The summed E-state index contributed by atoms with van der Waals surface area (Å²) in [6.45, 7) is 0. The van der Waals surface area contributed by atoms with Crippen molar-refractivity contribution in [3.8, 4) is 22.9 Å². The molecule has 0 radical (unpaired) electrons.